The van der Waals surface area contributed by atoms with Gasteiger partial charge >= 0.3 is 0 Å². The Morgan fingerprint density at radius 2 is 1.68 bits per heavy atom. The van der Waals surface area contributed by atoms with Gasteiger partial charge in [0.1, 0.15) is 0 Å². The minimum Gasteiger partial charge on any atom is -0.409 e. The summed E-state index contributed by atoms with van der Waals surface area (Å²) in [5.41, 5.74) is 7.83. The zero-order valence-electron chi connectivity index (χ0n) is 18.0. The molecular weight excluding hydrogens is 392 g/mol. The number of oxime groups is 1. The molecule has 0 bridgehead atoms. The summed E-state index contributed by atoms with van der Waals surface area (Å²) in [6.45, 7) is 4.40. The molecule has 162 valence electrons. The minimum absolute atomic E-state index is 0.0545. The molecule has 0 saturated carbocycles. The zero-order valence-corrected chi connectivity index (χ0v) is 18.0. The lowest BCUT2D eigenvalue weighted by molar-refractivity contribution is -0.142. The predicted octanol–water partition coefficient (Wildman–Crippen LogP) is 2.22. The van der Waals surface area contributed by atoms with Crippen molar-refractivity contribution in [2.24, 2.45) is 22.7 Å². The summed E-state index contributed by atoms with van der Waals surface area (Å²) in [5, 5.41) is 11.9. The number of likely N-dealkylation sites (N-methyl/N-ethyl adjacent to an activating group) is 1. The molecule has 0 aromatic heterocycles. The van der Waals surface area contributed by atoms with Gasteiger partial charge in [-0.05, 0) is 38.4 Å². The van der Waals surface area contributed by atoms with E-state index < -0.39 is 5.54 Å². The standard InChI is InChI=1S/C24H28N4O3/c1-24(2)20-19(22(29)28(23(20)30)14-16-7-5-4-6-8-16)18(27(24)3)13-15-9-11-17(12-10-15)21(25)26-31/h4-12,18-20,31H,13-14H2,1-3H3,(H2,25,26). The first kappa shape index (κ1) is 21.1. The number of imide groups is 1. The Morgan fingerprint density at radius 1 is 1.03 bits per heavy atom. The third-order valence-corrected chi connectivity index (χ3v) is 7.01. The second kappa shape index (κ2) is 7.81. The molecule has 2 fully saturated rings. The van der Waals surface area contributed by atoms with Gasteiger partial charge in [0.25, 0.3) is 0 Å². The first-order valence-corrected chi connectivity index (χ1v) is 10.4. The lowest BCUT2D eigenvalue weighted by Crippen LogP contribution is -2.48. The maximum Gasteiger partial charge on any atom is 0.235 e. The lowest BCUT2D eigenvalue weighted by Gasteiger charge is -2.36. The number of nitrogens with zero attached hydrogens (tertiary/aromatic N) is 3. The number of rotatable bonds is 5. The van der Waals surface area contributed by atoms with Crippen LogP contribution < -0.4 is 5.73 Å². The number of carbonyl (C=O) groups is 2. The molecule has 7 nitrogen and oxygen atoms in total. The second-order valence-corrected chi connectivity index (χ2v) is 8.97. The van der Waals surface area contributed by atoms with Crippen molar-refractivity contribution in [1.29, 1.82) is 0 Å². The van der Waals surface area contributed by atoms with E-state index in [4.69, 9.17) is 10.9 Å². The second-order valence-electron chi connectivity index (χ2n) is 8.97. The molecular formula is C24H28N4O3. The van der Waals surface area contributed by atoms with Gasteiger partial charge in [-0.3, -0.25) is 19.4 Å². The average molecular weight is 421 g/mol. The first-order valence-electron chi connectivity index (χ1n) is 10.4. The van der Waals surface area contributed by atoms with Gasteiger partial charge in [-0.25, -0.2) is 0 Å². The fraction of sp³-hybridized carbons (Fsp3) is 0.375. The fourth-order valence-electron chi connectivity index (χ4n) is 5.07. The lowest BCUT2D eigenvalue weighted by atomic mass is 9.81. The van der Waals surface area contributed by atoms with Crippen molar-refractivity contribution in [3.63, 3.8) is 0 Å². The van der Waals surface area contributed by atoms with Crippen molar-refractivity contribution in [1.82, 2.24) is 9.80 Å². The van der Waals surface area contributed by atoms with Crippen LogP contribution in [0, 0.1) is 11.8 Å². The number of hydrogen-bond donors (Lipinski definition) is 2. The third-order valence-electron chi connectivity index (χ3n) is 7.01. The highest BCUT2D eigenvalue weighted by Crippen LogP contribution is 2.48. The maximum absolute atomic E-state index is 13.4. The van der Waals surface area contributed by atoms with Crippen LogP contribution >= 0.6 is 0 Å². The van der Waals surface area contributed by atoms with Gasteiger partial charge in [-0.1, -0.05) is 59.8 Å². The molecule has 2 heterocycles. The van der Waals surface area contributed by atoms with Gasteiger partial charge in [0.2, 0.25) is 11.8 Å². The van der Waals surface area contributed by atoms with E-state index in [0.29, 0.717) is 18.5 Å². The number of fused-ring (bicyclic) bond motifs is 1. The number of benzene rings is 2. The summed E-state index contributed by atoms with van der Waals surface area (Å²) in [5.74, 6) is -0.857. The Bertz CT molecular complexity index is 1020. The molecule has 3 atom stereocenters. The van der Waals surface area contributed by atoms with Crippen LogP contribution in [0.1, 0.15) is 30.5 Å². The third kappa shape index (κ3) is 3.49. The molecule has 3 N–H and O–H groups in total. The number of likely N-dealkylation sites (tertiary alicyclic amines) is 2. The van der Waals surface area contributed by atoms with Gasteiger partial charge in [-0.2, -0.15) is 0 Å². The Labute approximate surface area is 182 Å². The first-order chi connectivity index (χ1) is 14.8. The molecule has 0 radical (unpaired) electrons. The van der Waals surface area contributed by atoms with E-state index in [9.17, 15) is 9.59 Å². The fourth-order valence-corrected chi connectivity index (χ4v) is 5.07. The van der Waals surface area contributed by atoms with E-state index >= 15 is 0 Å². The monoisotopic (exact) mass is 420 g/mol. The van der Waals surface area contributed by atoms with Crippen molar-refractivity contribution < 1.29 is 14.8 Å². The van der Waals surface area contributed by atoms with Crippen molar-refractivity contribution in [2.75, 3.05) is 7.05 Å². The Morgan fingerprint density at radius 3 is 2.29 bits per heavy atom. The molecule has 2 aliphatic heterocycles. The van der Waals surface area contributed by atoms with E-state index in [1.807, 2.05) is 63.4 Å². The smallest absolute Gasteiger partial charge is 0.235 e. The average Bonchev–Trinajstić information content (AvgIpc) is 3.13. The van der Waals surface area contributed by atoms with Gasteiger partial charge in [0.05, 0.1) is 18.4 Å². The highest BCUT2D eigenvalue weighted by Gasteiger charge is 2.64. The SMILES string of the molecule is CN1C(Cc2ccc(C(N)=NO)cc2)C2C(=O)N(Cc3ccccc3)C(=O)C2C1(C)C. The Balaban J connectivity index is 1.61. The van der Waals surface area contributed by atoms with E-state index in [0.717, 1.165) is 11.1 Å². The largest absolute Gasteiger partial charge is 0.409 e. The number of amides is 2. The zero-order chi connectivity index (χ0) is 22.3. The van der Waals surface area contributed by atoms with E-state index in [1.54, 1.807) is 12.1 Å². The number of amidine groups is 1. The highest BCUT2D eigenvalue weighted by atomic mass is 16.4. The van der Waals surface area contributed by atoms with Gasteiger partial charge in [-0.15, -0.1) is 0 Å². The molecule has 2 aliphatic rings. The summed E-state index contributed by atoms with van der Waals surface area (Å²) in [6, 6.07) is 17.0. The number of carbonyl (C=O) groups excluding carboxylic acids is 2. The topological polar surface area (TPSA) is 99.2 Å². The molecule has 2 saturated heterocycles. The van der Waals surface area contributed by atoms with E-state index in [-0.39, 0.29) is 35.5 Å². The van der Waals surface area contributed by atoms with Crippen LogP contribution in [-0.4, -0.2) is 51.3 Å². The van der Waals surface area contributed by atoms with Crippen LogP contribution in [-0.2, 0) is 22.6 Å². The molecule has 2 amide bonds. The minimum atomic E-state index is -0.429. The number of hydrogen-bond acceptors (Lipinski definition) is 5. The van der Waals surface area contributed by atoms with Crippen LogP contribution in [0.25, 0.3) is 0 Å². The molecule has 31 heavy (non-hydrogen) atoms. The van der Waals surface area contributed by atoms with Gasteiger partial charge < -0.3 is 10.9 Å². The van der Waals surface area contributed by atoms with Crippen LogP contribution in [0.15, 0.2) is 59.8 Å². The quantitative estimate of drug-likeness (QED) is 0.254. The van der Waals surface area contributed by atoms with Crippen molar-refractivity contribution >= 4 is 17.6 Å². The molecule has 0 spiro atoms. The van der Waals surface area contributed by atoms with Crippen molar-refractivity contribution in [2.45, 2.75) is 38.4 Å². The molecule has 0 aliphatic carbocycles. The van der Waals surface area contributed by atoms with Crippen LogP contribution in [0.2, 0.25) is 0 Å². The summed E-state index contributed by atoms with van der Waals surface area (Å²) in [7, 11) is 2.00. The molecule has 4 rings (SSSR count). The highest BCUT2D eigenvalue weighted by molar-refractivity contribution is 6.06. The number of nitrogens with two attached hydrogens (primary N) is 1. The van der Waals surface area contributed by atoms with Crippen LogP contribution in [0.3, 0.4) is 0 Å². The Hall–Kier alpha value is -3.19. The summed E-state index contributed by atoms with van der Waals surface area (Å²) < 4.78 is 0. The van der Waals surface area contributed by atoms with E-state index in [1.165, 1.54) is 4.90 Å². The normalized spacial score (nSPS) is 25.8. The summed E-state index contributed by atoms with van der Waals surface area (Å²) in [4.78, 5) is 30.4. The van der Waals surface area contributed by atoms with Gasteiger partial charge in [0, 0.05) is 17.1 Å². The van der Waals surface area contributed by atoms with Crippen molar-refractivity contribution in [3.05, 3.63) is 71.3 Å². The summed E-state index contributed by atoms with van der Waals surface area (Å²) >= 11 is 0. The molecule has 3 unspecified atom stereocenters. The maximum atomic E-state index is 13.4. The molecule has 2 aromatic rings. The van der Waals surface area contributed by atoms with Gasteiger partial charge in [0.15, 0.2) is 5.84 Å². The van der Waals surface area contributed by atoms with Crippen LogP contribution in [0.5, 0.6) is 0 Å². The van der Waals surface area contributed by atoms with E-state index in [2.05, 4.69) is 10.1 Å². The predicted molar refractivity (Wildman–Crippen MR) is 117 cm³/mol. The molecule has 2 aromatic carbocycles. The van der Waals surface area contributed by atoms with Crippen LogP contribution in [0.4, 0.5) is 0 Å². The summed E-state index contributed by atoms with van der Waals surface area (Å²) in [6.07, 6.45) is 0.635. The van der Waals surface area contributed by atoms with Crippen molar-refractivity contribution in [3.8, 4) is 0 Å². The molecule has 7 heteroatoms. The Kier molecular flexibility index (Phi) is 5.31.